The molecule has 0 aliphatic heterocycles. The second kappa shape index (κ2) is 5.94. The van der Waals surface area contributed by atoms with Crippen molar-refractivity contribution < 1.29 is 23.3 Å². The molecule has 2 unspecified atom stereocenters. The lowest BCUT2D eigenvalue weighted by Crippen LogP contribution is -2.38. The summed E-state index contributed by atoms with van der Waals surface area (Å²) in [6.45, 7) is 9.56. The van der Waals surface area contributed by atoms with E-state index in [0.29, 0.717) is 12.0 Å². The number of hydrogen-bond acceptors (Lipinski definition) is 5. The number of Topliss-reactive ketones (excluding diaryl/α,β-unsaturated/α-hetero) is 1. The van der Waals surface area contributed by atoms with Gasteiger partial charge in [-0.25, -0.2) is 0 Å². The molecule has 1 rings (SSSR count). The molecule has 0 saturated heterocycles. The van der Waals surface area contributed by atoms with Crippen molar-refractivity contribution in [2.24, 2.45) is 5.41 Å². The van der Waals surface area contributed by atoms with E-state index < -0.39 is 13.9 Å². The molecular weight excluding hydrogens is 279 g/mol. The van der Waals surface area contributed by atoms with Crippen LogP contribution in [0.1, 0.15) is 41.0 Å². The number of carbonyl (C=O) groups is 1. The van der Waals surface area contributed by atoms with Crippen molar-refractivity contribution in [3.8, 4) is 0 Å². The van der Waals surface area contributed by atoms with Gasteiger partial charge in [-0.15, -0.1) is 0 Å². The molecule has 0 saturated carbocycles. The summed E-state index contributed by atoms with van der Waals surface area (Å²) in [5.41, 5.74) is 2.23. The average Bonchev–Trinajstić information content (AvgIpc) is 2.31. The number of allylic oxidation sites excluding steroid dienone is 3. The maximum atomic E-state index is 12.3. The third-order valence-electron chi connectivity index (χ3n) is 3.40. The first-order chi connectivity index (χ1) is 9.00. The topological polar surface area (TPSA) is 75.7 Å². The van der Waals surface area contributed by atoms with Gasteiger partial charge < -0.3 is 13.9 Å². The largest absolute Gasteiger partial charge is 0.756 e. The van der Waals surface area contributed by atoms with E-state index in [-0.39, 0.29) is 11.2 Å². The molecule has 0 bridgehead atoms. The Morgan fingerprint density at radius 1 is 1.45 bits per heavy atom. The first-order valence-electron chi connectivity index (χ1n) is 6.46. The van der Waals surface area contributed by atoms with Crippen molar-refractivity contribution >= 4 is 13.6 Å². The fourth-order valence-electron chi connectivity index (χ4n) is 2.42. The van der Waals surface area contributed by atoms with Crippen LogP contribution in [0.5, 0.6) is 0 Å². The number of phosphoric ester groups is 1. The van der Waals surface area contributed by atoms with E-state index in [1.54, 1.807) is 6.92 Å². The second-order valence-electron chi connectivity index (χ2n) is 5.94. The number of carbonyl (C=O) groups excluding carboxylic acids is 1. The summed E-state index contributed by atoms with van der Waals surface area (Å²) in [5.74, 6) is -0.301. The maximum Gasteiger partial charge on any atom is 0.268 e. The van der Waals surface area contributed by atoms with Crippen LogP contribution in [0.4, 0.5) is 0 Å². The average molecular weight is 301 g/mol. The SMILES string of the molecule is COP(=O)([O-])OC1CC(C)(C)C(C=C(C)C)=C(C)C1=O. The molecule has 6 heteroatoms. The van der Waals surface area contributed by atoms with Crippen molar-refractivity contribution in [2.75, 3.05) is 7.11 Å². The van der Waals surface area contributed by atoms with Crippen LogP contribution in [0, 0.1) is 5.41 Å². The predicted octanol–water partition coefficient (Wildman–Crippen LogP) is 2.77. The molecule has 0 aromatic heterocycles. The first kappa shape index (κ1) is 17.3. The lowest BCUT2D eigenvalue weighted by molar-refractivity contribution is -0.227. The zero-order chi connectivity index (χ0) is 15.7. The number of phosphoric acid groups is 1. The summed E-state index contributed by atoms with van der Waals surface area (Å²) in [4.78, 5) is 23.7. The summed E-state index contributed by atoms with van der Waals surface area (Å²) in [5, 5.41) is 0. The lowest BCUT2D eigenvalue weighted by atomic mass is 9.70. The Kier molecular flexibility index (Phi) is 5.14. The molecule has 0 aromatic carbocycles. The van der Waals surface area contributed by atoms with Gasteiger partial charge in [0.25, 0.3) is 7.82 Å². The molecule has 0 heterocycles. The number of rotatable bonds is 4. The highest BCUT2D eigenvalue weighted by atomic mass is 31.2. The summed E-state index contributed by atoms with van der Waals surface area (Å²) < 4.78 is 20.5. The minimum atomic E-state index is -4.42. The van der Waals surface area contributed by atoms with Gasteiger partial charge in [-0.2, -0.15) is 0 Å². The van der Waals surface area contributed by atoms with E-state index in [0.717, 1.165) is 18.3 Å². The van der Waals surface area contributed by atoms with Gasteiger partial charge in [0.05, 0.1) is 0 Å². The van der Waals surface area contributed by atoms with Crippen molar-refractivity contribution in [1.29, 1.82) is 0 Å². The third-order valence-corrected chi connectivity index (χ3v) is 4.36. The molecule has 114 valence electrons. The van der Waals surface area contributed by atoms with Crippen LogP contribution < -0.4 is 4.89 Å². The molecule has 20 heavy (non-hydrogen) atoms. The monoisotopic (exact) mass is 301 g/mol. The predicted molar refractivity (Wildman–Crippen MR) is 75.0 cm³/mol. The molecular formula is C14H22O5P-. The van der Waals surface area contributed by atoms with Gasteiger partial charge in [-0.3, -0.25) is 9.36 Å². The van der Waals surface area contributed by atoms with Crippen LogP contribution in [0.3, 0.4) is 0 Å². The van der Waals surface area contributed by atoms with E-state index in [9.17, 15) is 14.3 Å². The molecule has 0 fully saturated rings. The summed E-state index contributed by atoms with van der Waals surface area (Å²) >= 11 is 0. The zero-order valence-corrected chi connectivity index (χ0v) is 13.7. The van der Waals surface area contributed by atoms with Gasteiger partial charge in [0.1, 0.15) is 6.10 Å². The highest BCUT2D eigenvalue weighted by Gasteiger charge is 2.40. The second-order valence-corrected chi connectivity index (χ2v) is 7.41. The Morgan fingerprint density at radius 2 is 2.00 bits per heavy atom. The number of ketones is 1. The molecule has 1 aliphatic rings. The normalized spacial score (nSPS) is 25.4. The first-order valence-corrected chi connectivity index (χ1v) is 7.92. The Bertz CT molecular complexity index is 512. The standard InChI is InChI=1S/C14H23O5P/c1-9(2)7-11-10(3)13(15)12(8-14(11,4)5)19-20(16,17)18-6/h7,12H,8H2,1-6H3,(H,16,17)/p-1. The molecule has 0 radical (unpaired) electrons. The molecule has 0 N–H and O–H groups in total. The lowest BCUT2D eigenvalue weighted by Gasteiger charge is -2.38. The molecule has 1 aliphatic carbocycles. The molecule has 0 spiro atoms. The van der Waals surface area contributed by atoms with Gasteiger partial charge in [-0.05, 0) is 43.8 Å². The van der Waals surface area contributed by atoms with Crippen molar-refractivity contribution in [3.05, 3.63) is 22.8 Å². The van der Waals surface area contributed by atoms with Crippen molar-refractivity contribution in [2.45, 2.75) is 47.1 Å². The van der Waals surface area contributed by atoms with E-state index in [4.69, 9.17) is 4.52 Å². The van der Waals surface area contributed by atoms with Gasteiger partial charge in [0.2, 0.25) is 0 Å². The highest BCUT2D eigenvalue weighted by molar-refractivity contribution is 7.45. The van der Waals surface area contributed by atoms with Crippen LogP contribution in [0.25, 0.3) is 0 Å². The fraction of sp³-hybridized carbons (Fsp3) is 0.643. The van der Waals surface area contributed by atoms with E-state index in [2.05, 4.69) is 4.52 Å². The van der Waals surface area contributed by atoms with Gasteiger partial charge in [-0.1, -0.05) is 25.5 Å². The fourth-order valence-corrected chi connectivity index (χ4v) is 2.99. The quantitative estimate of drug-likeness (QED) is 0.746. The molecule has 5 nitrogen and oxygen atoms in total. The smallest absolute Gasteiger partial charge is 0.268 e. The Balaban J connectivity index is 3.18. The van der Waals surface area contributed by atoms with Crippen molar-refractivity contribution in [3.63, 3.8) is 0 Å². The Morgan fingerprint density at radius 3 is 2.45 bits per heavy atom. The van der Waals surface area contributed by atoms with Crippen LogP contribution in [0.15, 0.2) is 22.8 Å². The van der Waals surface area contributed by atoms with Crippen LogP contribution in [-0.2, 0) is 18.4 Å². The van der Waals surface area contributed by atoms with E-state index in [1.165, 1.54) is 0 Å². The molecule has 2 atom stereocenters. The van der Waals surface area contributed by atoms with Crippen LogP contribution in [-0.4, -0.2) is 19.0 Å². The van der Waals surface area contributed by atoms with Crippen molar-refractivity contribution in [1.82, 2.24) is 0 Å². The van der Waals surface area contributed by atoms with Gasteiger partial charge >= 0.3 is 0 Å². The Labute approximate surface area is 120 Å². The summed E-state index contributed by atoms with van der Waals surface area (Å²) in [6.07, 6.45) is 1.26. The minimum absolute atomic E-state index is 0.301. The third kappa shape index (κ3) is 3.89. The Hall–Kier alpha value is -0.740. The minimum Gasteiger partial charge on any atom is -0.756 e. The zero-order valence-electron chi connectivity index (χ0n) is 12.9. The van der Waals surface area contributed by atoms with Gasteiger partial charge in [0.15, 0.2) is 5.78 Å². The van der Waals surface area contributed by atoms with Crippen LogP contribution in [0.2, 0.25) is 0 Å². The summed E-state index contributed by atoms with van der Waals surface area (Å²) in [6, 6.07) is 0. The molecule has 0 aromatic rings. The van der Waals surface area contributed by atoms with Crippen LogP contribution >= 0.6 is 7.82 Å². The van der Waals surface area contributed by atoms with E-state index in [1.807, 2.05) is 33.8 Å². The number of hydrogen-bond donors (Lipinski definition) is 0. The highest BCUT2D eigenvalue weighted by Crippen LogP contribution is 2.46. The summed E-state index contributed by atoms with van der Waals surface area (Å²) in [7, 11) is -3.40. The maximum absolute atomic E-state index is 12.3. The van der Waals surface area contributed by atoms with E-state index >= 15 is 0 Å². The van der Waals surface area contributed by atoms with Gasteiger partial charge in [0, 0.05) is 7.11 Å². The molecule has 0 amide bonds.